The molecule has 2 heteroatoms. The van der Waals surface area contributed by atoms with Crippen molar-refractivity contribution >= 4 is 0 Å². The van der Waals surface area contributed by atoms with E-state index >= 15 is 0 Å². The average molecular weight is 261 g/mol. The third kappa shape index (κ3) is 3.98. The Labute approximate surface area is 118 Å². The number of hydrogen-bond donors (Lipinski definition) is 0. The predicted octanol–water partition coefficient (Wildman–Crippen LogP) is 3.60. The van der Waals surface area contributed by atoms with Crippen LogP contribution in [-0.4, -0.2) is 41.5 Å². The molecule has 0 aliphatic carbocycles. The smallest absolute Gasteiger partial charge is 0.0472 e. The van der Waals surface area contributed by atoms with Gasteiger partial charge >= 0.3 is 0 Å². The van der Waals surface area contributed by atoms with Gasteiger partial charge in [0, 0.05) is 31.7 Å². The zero-order valence-electron chi connectivity index (χ0n) is 12.3. The molecule has 0 spiro atoms. The van der Waals surface area contributed by atoms with Crippen LogP contribution in [0.1, 0.15) is 57.8 Å². The molecule has 19 heavy (non-hydrogen) atoms. The Morgan fingerprint density at radius 2 is 1.79 bits per heavy atom. The van der Waals surface area contributed by atoms with Crippen molar-refractivity contribution in [3.8, 4) is 0 Å². The molecule has 2 nitrogen and oxygen atoms in total. The third-order valence-electron chi connectivity index (χ3n) is 5.03. The molecule has 107 valence electrons. The van der Waals surface area contributed by atoms with E-state index in [9.17, 15) is 0 Å². The summed E-state index contributed by atoms with van der Waals surface area (Å²) in [5.41, 5.74) is 0. The summed E-state index contributed by atoms with van der Waals surface area (Å²) in [6.07, 6.45) is 19.8. The highest BCUT2D eigenvalue weighted by Gasteiger charge is 2.32. The fourth-order valence-electron chi connectivity index (χ4n) is 3.64. The molecule has 0 bridgehead atoms. The van der Waals surface area contributed by atoms with Crippen LogP contribution in [0.2, 0.25) is 0 Å². The van der Waals surface area contributed by atoms with Gasteiger partial charge in [-0.2, -0.15) is 0 Å². The maximum absolute atomic E-state index is 2.74. The van der Waals surface area contributed by atoms with Crippen LogP contribution in [0.3, 0.4) is 0 Å². The lowest BCUT2D eigenvalue weighted by molar-refractivity contribution is 0.234. The summed E-state index contributed by atoms with van der Waals surface area (Å²) in [5.74, 6) is 0. The number of hydrogen-bond acceptors (Lipinski definition) is 2. The van der Waals surface area contributed by atoms with E-state index in [1.54, 1.807) is 0 Å². The normalized spacial score (nSPS) is 35.9. The van der Waals surface area contributed by atoms with Crippen molar-refractivity contribution in [2.75, 3.05) is 19.6 Å². The maximum Gasteiger partial charge on any atom is 0.0472 e. The second kappa shape index (κ2) is 6.78. The van der Waals surface area contributed by atoms with Crippen LogP contribution < -0.4 is 0 Å². The fourth-order valence-corrected chi connectivity index (χ4v) is 3.64. The molecule has 3 heterocycles. The molecule has 2 atom stereocenters. The number of rotatable bonds is 0. The maximum atomic E-state index is 2.74. The molecule has 2 fully saturated rings. The largest absolute Gasteiger partial charge is 0.371 e. The van der Waals surface area contributed by atoms with Gasteiger partial charge in [-0.15, -0.1) is 0 Å². The van der Waals surface area contributed by atoms with Crippen molar-refractivity contribution in [1.29, 1.82) is 0 Å². The fraction of sp³-hybridized carbons (Fsp3) is 0.824. The van der Waals surface area contributed by atoms with Crippen LogP contribution in [0.5, 0.6) is 0 Å². The van der Waals surface area contributed by atoms with Gasteiger partial charge in [-0.3, -0.25) is 0 Å². The highest BCUT2D eigenvalue weighted by atomic mass is 15.3. The van der Waals surface area contributed by atoms with Crippen LogP contribution in [0, 0.1) is 6.42 Å². The van der Waals surface area contributed by atoms with Crippen LogP contribution >= 0.6 is 0 Å². The topological polar surface area (TPSA) is 6.25 Å². The van der Waals surface area contributed by atoms with Gasteiger partial charge in [0.05, 0.1) is 0 Å². The first-order chi connectivity index (χ1) is 9.43. The van der Waals surface area contributed by atoms with Crippen LogP contribution in [0.15, 0.2) is 12.3 Å². The minimum atomic E-state index is 0.850. The van der Waals surface area contributed by atoms with E-state index < -0.39 is 0 Å². The highest BCUT2D eigenvalue weighted by Crippen LogP contribution is 2.26. The van der Waals surface area contributed by atoms with Crippen LogP contribution in [0.25, 0.3) is 0 Å². The molecule has 2 saturated heterocycles. The molecule has 3 rings (SSSR count). The Morgan fingerprint density at radius 1 is 0.895 bits per heavy atom. The molecular formula is C17H29N2. The molecule has 1 radical (unpaired) electrons. The highest BCUT2D eigenvalue weighted by molar-refractivity contribution is 5.00. The summed E-state index contributed by atoms with van der Waals surface area (Å²) in [5, 5.41) is 0. The van der Waals surface area contributed by atoms with E-state index in [0.29, 0.717) is 0 Å². The van der Waals surface area contributed by atoms with Gasteiger partial charge in [0.1, 0.15) is 0 Å². The molecule has 0 amide bonds. The zero-order valence-corrected chi connectivity index (χ0v) is 12.3. The Balaban J connectivity index is 1.51. The van der Waals surface area contributed by atoms with Crippen molar-refractivity contribution in [3.05, 3.63) is 18.7 Å². The third-order valence-corrected chi connectivity index (χ3v) is 5.03. The van der Waals surface area contributed by atoms with Crippen molar-refractivity contribution in [3.63, 3.8) is 0 Å². The van der Waals surface area contributed by atoms with E-state index in [-0.39, 0.29) is 0 Å². The predicted molar refractivity (Wildman–Crippen MR) is 80.8 cm³/mol. The van der Waals surface area contributed by atoms with E-state index in [1.807, 2.05) is 0 Å². The molecule has 0 aromatic carbocycles. The van der Waals surface area contributed by atoms with Gasteiger partial charge in [-0.25, -0.2) is 0 Å². The Morgan fingerprint density at radius 3 is 2.79 bits per heavy atom. The standard InChI is InChI=1S/C17H29N2/c1-2-4-6-9-16-10-8-13-18(16)14-11-17-15-19(17)12-7-5-3-1/h7-8,12,16-17H,1-6,9-11,13-15H2/b12-7+. The summed E-state index contributed by atoms with van der Waals surface area (Å²) in [4.78, 5) is 5.26. The number of allylic oxidation sites excluding steroid dienone is 1. The summed E-state index contributed by atoms with van der Waals surface area (Å²) in [6.45, 7) is 3.86. The molecule has 3 aliphatic rings. The zero-order chi connectivity index (χ0) is 12.9. The first-order valence-electron chi connectivity index (χ1n) is 8.41. The number of nitrogens with zero attached hydrogens (tertiary/aromatic N) is 2. The first kappa shape index (κ1) is 13.5. The average Bonchev–Trinajstić information content (AvgIpc) is 3.01. The lowest BCUT2D eigenvalue weighted by atomic mass is 10.0. The van der Waals surface area contributed by atoms with Gasteiger partial charge in [-0.1, -0.05) is 31.8 Å². The summed E-state index contributed by atoms with van der Waals surface area (Å²) < 4.78 is 0. The van der Waals surface area contributed by atoms with E-state index in [4.69, 9.17) is 0 Å². The number of fused-ring (bicyclic) bond motifs is 2. The molecule has 3 aliphatic heterocycles. The van der Waals surface area contributed by atoms with Crippen molar-refractivity contribution in [2.24, 2.45) is 0 Å². The van der Waals surface area contributed by atoms with E-state index in [0.717, 1.165) is 12.1 Å². The lowest BCUT2D eigenvalue weighted by Crippen LogP contribution is -2.31. The first-order valence-corrected chi connectivity index (χ1v) is 8.41. The van der Waals surface area contributed by atoms with Gasteiger partial charge < -0.3 is 9.80 Å². The van der Waals surface area contributed by atoms with Crippen molar-refractivity contribution in [1.82, 2.24) is 9.80 Å². The van der Waals surface area contributed by atoms with Gasteiger partial charge in [0.15, 0.2) is 0 Å². The van der Waals surface area contributed by atoms with Gasteiger partial charge in [-0.05, 0) is 44.7 Å². The van der Waals surface area contributed by atoms with Gasteiger partial charge in [0.2, 0.25) is 0 Å². The van der Waals surface area contributed by atoms with Gasteiger partial charge in [0.25, 0.3) is 0 Å². The molecule has 0 aromatic rings. The van der Waals surface area contributed by atoms with Crippen molar-refractivity contribution < 1.29 is 0 Å². The minimum absolute atomic E-state index is 0.850. The monoisotopic (exact) mass is 261 g/mol. The second-order valence-corrected chi connectivity index (χ2v) is 6.54. The Hall–Kier alpha value is -0.500. The summed E-state index contributed by atoms with van der Waals surface area (Å²) >= 11 is 0. The van der Waals surface area contributed by atoms with Crippen LogP contribution in [-0.2, 0) is 0 Å². The molecule has 0 saturated carbocycles. The lowest BCUT2D eigenvalue weighted by Gasteiger charge is -2.24. The van der Waals surface area contributed by atoms with Crippen LogP contribution in [0.4, 0.5) is 0 Å². The molecule has 2 unspecified atom stereocenters. The quantitative estimate of drug-likeness (QED) is 0.615. The summed E-state index contributed by atoms with van der Waals surface area (Å²) in [6, 6.07) is 1.72. The Bertz CT molecular complexity index is 300. The minimum Gasteiger partial charge on any atom is -0.371 e. The summed E-state index contributed by atoms with van der Waals surface area (Å²) in [7, 11) is 0. The molecular weight excluding hydrogens is 232 g/mol. The second-order valence-electron chi connectivity index (χ2n) is 6.54. The van der Waals surface area contributed by atoms with E-state index in [1.165, 1.54) is 77.4 Å². The SMILES string of the molecule is [CH]1CC2CCCCCCC/C=C/N3CC3CCN2C1. The van der Waals surface area contributed by atoms with E-state index in [2.05, 4.69) is 28.5 Å². The van der Waals surface area contributed by atoms with Crippen molar-refractivity contribution in [2.45, 2.75) is 69.9 Å². The molecule has 0 N–H and O–H groups in total. The molecule has 0 aromatic heterocycles. The Kier molecular flexibility index (Phi) is 4.81.